The Morgan fingerprint density at radius 1 is 1.35 bits per heavy atom. The van der Waals surface area contributed by atoms with Crippen LogP contribution in [0.1, 0.15) is 25.7 Å². The lowest BCUT2D eigenvalue weighted by atomic mass is 10.7. The molecule has 2 saturated carbocycles. The Kier molecular flexibility index (Phi) is 4.10. The average molecular weight is 330 g/mol. The van der Waals surface area contributed by atoms with Crippen molar-refractivity contribution in [1.82, 2.24) is 13.6 Å². The van der Waals surface area contributed by atoms with Crippen LogP contribution >= 0.6 is 17.5 Å². The molecule has 0 aliphatic heterocycles. The maximum Gasteiger partial charge on any atom is 0.268 e. The van der Waals surface area contributed by atoms with Crippen molar-refractivity contribution in [3.05, 3.63) is 12.3 Å². The molecule has 3 rings (SSSR count). The first-order valence-electron chi connectivity index (χ1n) is 6.57. The van der Waals surface area contributed by atoms with E-state index >= 15 is 0 Å². The molecular weight excluding hydrogens is 314 g/mol. The SMILES string of the molecule is N#CCn1ccc(S(=O)(=O)N(PC2CC2)PC2CC2)n1. The first kappa shape index (κ1) is 14.4. The Balaban J connectivity index is 1.79. The van der Waals surface area contributed by atoms with E-state index in [1.807, 2.05) is 6.07 Å². The van der Waals surface area contributed by atoms with Crippen LogP contribution in [0.3, 0.4) is 0 Å². The van der Waals surface area contributed by atoms with Gasteiger partial charge in [0.25, 0.3) is 10.0 Å². The predicted molar refractivity (Wildman–Crippen MR) is 79.5 cm³/mol. The van der Waals surface area contributed by atoms with Crippen molar-refractivity contribution in [1.29, 1.82) is 5.26 Å². The normalized spacial score (nSPS) is 20.4. The van der Waals surface area contributed by atoms with Gasteiger partial charge in [-0.25, -0.2) is 8.42 Å². The lowest BCUT2D eigenvalue weighted by Gasteiger charge is -2.20. The van der Waals surface area contributed by atoms with E-state index in [1.54, 1.807) is 10.0 Å². The molecule has 0 aromatic carbocycles. The van der Waals surface area contributed by atoms with Gasteiger partial charge in [0, 0.05) is 6.20 Å². The molecule has 0 saturated heterocycles. The van der Waals surface area contributed by atoms with Gasteiger partial charge in [-0.15, -0.1) is 0 Å². The number of sulfonamides is 1. The van der Waals surface area contributed by atoms with Gasteiger partial charge in [0.1, 0.15) is 6.54 Å². The number of aromatic nitrogens is 2. The number of hydrogen-bond acceptors (Lipinski definition) is 4. The van der Waals surface area contributed by atoms with E-state index in [1.165, 1.54) is 10.7 Å². The highest BCUT2D eigenvalue weighted by molar-refractivity contribution is 7.97. The molecule has 0 spiro atoms. The molecule has 2 aliphatic carbocycles. The Labute approximate surface area is 122 Å². The third-order valence-corrected chi connectivity index (χ3v) is 9.54. The van der Waals surface area contributed by atoms with Gasteiger partial charge in [0.15, 0.2) is 5.03 Å². The monoisotopic (exact) mass is 330 g/mol. The van der Waals surface area contributed by atoms with E-state index in [2.05, 4.69) is 5.10 Å². The maximum atomic E-state index is 12.7. The van der Waals surface area contributed by atoms with E-state index < -0.39 is 10.0 Å². The van der Waals surface area contributed by atoms with Gasteiger partial charge in [-0.2, -0.15) is 14.2 Å². The number of nitriles is 1. The Morgan fingerprint density at radius 2 is 1.95 bits per heavy atom. The average Bonchev–Trinajstić information content (AvgIpc) is 3.32. The Hall–Kier alpha value is -0.530. The summed E-state index contributed by atoms with van der Waals surface area (Å²) in [5.41, 5.74) is 1.11. The maximum absolute atomic E-state index is 12.7. The van der Waals surface area contributed by atoms with Gasteiger partial charge >= 0.3 is 0 Å². The Morgan fingerprint density at radius 3 is 2.45 bits per heavy atom. The molecule has 0 N–H and O–H groups in total. The van der Waals surface area contributed by atoms with Crippen LogP contribution in [0, 0.1) is 11.3 Å². The third kappa shape index (κ3) is 3.38. The predicted octanol–water partition coefficient (Wildman–Crippen LogP) is 1.91. The second kappa shape index (κ2) is 5.69. The van der Waals surface area contributed by atoms with E-state index in [4.69, 9.17) is 5.26 Å². The highest BCUT2D eigenvalue weighted by Crippen LogP contribution is 2.54. The third-order valence-electron chi connectivity index (χ3n) is 3.11. The van der Waals surface area contributed by atoms with Crippen LogP contribution in [0.4, 0.5) is 0 Å². The summed E-state index contributed by atoms with van der Waals surface area (Å²) in [7, 11) is -2.78. The summed E-state index contributed by atoms with van der Waals surface area (Å²) < 4.78 is 28.3. The molecule has 0 amide bonds. The molecule has 0 bridgehead atoms. The smallest absolute Gasteiger partial charge is 0.257 e. The molecule has 6 nitrogen and oxygen atoms in total. The van der Waals surface area contributed by atoms with E-state index in [0.717, 1.165) is 25.7 Å². The zero-order valence-electron chi connectivity index (χ0n) is 10.9. The molecule has 1 aromatic rings. The van der Waals surface area contributed by atoms with Crippen molar-refractivity contribution in [3.63, 3.8) is 0 Å². The topological polar surface area (TPSA) is 79.0 Å². The second-order valence-corrected chi connectivity index (χ2v) is 11.0. The summed E-state index contributed by atoms with van der Waals surface area (Å²) in [5, 5.41) is 12.7. The molecule has 2 aliphatic rings. The molecule has 9 heteroatoms. The lowest BCUT2D eigenvalue weighted by molar-refractivity contribution is 0.570. The van der Waals surface area contributed by atoms with Crippen LogP contribution in [0.15, 0.2) is 17.3 Å². The highest BCUT2D eigenvalue weighted by Gasteiger charge is 2.36. The van der Waals surface area contributed by atoms with Crippen LogP contribution in [-0.2, 0) is 16.6 Å². The number of hydrogen-bond donors (Lipinski definition) is 0. The number of rotatable bonds is 7. The van der Waals surface area contributed by atoms with E-state index in [0.29, 0.717) is 28.8 Å². The second-order valence-electron chi connectivity index (χ2n) is 5.09. The van der Waals surface area contributed by atoms with E-state index in [-0.39, 0.29) is 11.6 Å². The largest absolute Gasteiger partial charge is 0.268 e. The number of nitrogens with zero attached hydrogens (tertiary/aromatic N) is 4. The zero-order valence-corrected chi connectivity index (χ0v) is 13.7. The van der Waals surface area contributed by atoms with Crippen LogP contribution in [0.5, 0.6) is 0 Å². The molecule has 2 unspecified atom stereocenters. The summed E-state index contributed by atoms with van der Waals surface area (Å²) in [6, 6.07) is 3.45. The quantitative estimate of drug-likeness (QED) is 0.715. The highest BCUT2D eigenvalue weighted by atomic mass is 32.2. The Bertz CT molecular complexity index is 617. The van der Waals surface area contributed by atoms with Gasteiger partial charge in [-0.1, -0.05) is 0 Å². The van der Waals surface area contributed by atoms with Gasteiger partial charge in [-0.3, -0.25) is 4.68 Å². The van der Waals surface area contributed by atoms with Crippen molar-refractivity contribution < 1.29 is 8.42 Å². The standard InChI is InChI=1S/C11H16N4O2P2S/c12-6-8-14-7-5-11(13-14)20(16,17)15(18-9-1-2-9)19-10-3-4-10/h5,7,9-10,18-19H,1-4,8H2. The summed E-state index contributed by atoms with van der Waals surface area (Å²) in [6.45, 7) is 0.0747. The molecule has 108 valence electrons. The van der Waals surface area contributed by atoms with Crippen molar-refractivity contribution in [2.75, 3.05) is 0 Å². The molecule has 1 aromatic heterocycles. The summed E-state index contributed by atoms with van der Waals surface area (Å²) >= 11 is 0. The van der Waals surface area contributed by atoms with Crippen LogP contribution in [-0.4, -0.2) is 33.4 Å². The molecule has 1 heterocycles. The molecule has 2 fully saturated rings. The van der Waals surface area contributed by atoms with Gasteiger partial charge in [0.2, 0.25) is 0 Å². The summed E-state index contributed by atoms with van der Waals surface area (Å²) in [5.74, 6) is 0. The van der Waals surface area contributed by atoms with Crippen LogP contribution in [0.2, 0.25) is 0 Å². The fourth-order valence-corrected chi connectivity index (χ4v) is 7.77. The van der Waals surface area contributed by atoms with Crippen LogP contribution < -0.4 is 0 Å². The minimum absolute atomic E-state index is 0.0747. The fraction of sp³-hybridized carbons (Fsp3) is 0.636. The molecule has 0 radical (unpaired) electrons. The first-order chi connectivity index (χ1) is 9.59. The zero-order chi connectivity index (χ0) is 14.2. The lowest BCUT2D eigenvalue weighted by Crippen LogP contribution is -2.18. The minimum Gasteiger partial charge on any atom is -0.257 e. The first-order valence-corrected chi connectivity index (χ1v) is 10.1. The minimum atomic E-state index is -3.49. The summed E-state index contributed by atoms with van der Waals surface area (Å²) in [6.07, 6.45) is 6.12. The fourth-order valence-electron chi connectivity index (χ4n) is 1.67. The van der Waals surface area contributed by atoms with Crippen LogP contribution in [0.25, 0.3) is 0 Å². The van der Waals surface area contributed by atoms with Crippen molar-refractivity contribution >= 4 is 27.5 Å². The van der Waals surface area contributed by atoms with Gasteiger partial charge in [-0.05, 0) is 60.5 Å². The summed E-state index contributed by atoms with van der Waals surface area (Å²) in [4.78, 5) is 0. The van der Waals surface area contributed by atoms with Crippen molar-refractivity contribution in [2.45, 2.75) is 48.6 Å². The molecule has 20 heavy (non-hydrogen) atoms. The molecule has 2 atom stereocenters. The van der Waals surface area contributed by atoms with Gasteiger partial charge in [0.05, 0.1) is 6.07 Å². The van der Waals surface area contributed by atoms with Gasteiger partial charge < -0.3 is 0 Å². The molecular formula is C11H16N4O2P2S. The van der Waals surface area contributed by atoms with Crippen molar-refractivity contribution in [3.8, 4) is 6.07 Å². The van der Waals surface area contributed by atoms with Crippen molar-refractivity contribution in [2.24, 2.45) is 0 Å². The van der Waals surface area contributed by atoms with E-state index in [9.17, 15) is 8.42 Å².